The molecule has 0 unspecified atom stereocenters. The first kappa shape index (κ1) is 16.3. The summed E-state index contributed by atoms with van der Waals surface area (Å²) in [6.07, 6.45) is 0.399. The van der Waals surface area contributed by atoms with Crippen LogP contribution in [0.4, 0.5) is 0 Å². The minimum absolute atomic E-state index is 0. The van der Waals surface area contributed by atoms with E-state index in [0.717, 1.165) is 42.0 Å². The number of hydrogen-bond donors (Lipinski definition) is 1. The Labute approximate surface area is 128 Å². The molecule has 106 valence electrons. The zero-order valence-electron chi connectivity index (χ0n) is 10.8. The van der Waals surface area contributed by atoms with E-state index in [1.165, 1.54) is 0 Å². The van der Waals surface area contributed by atoms with Gasteiger partial charge in [0, 0.05) is 36.2 Å². The molecule has 1 N–H and O–H groups in total. The Bertz CT molecular complexity index is 437. The molecule has 0 atom stereocenters. The molecule has 0 aliphatic carbocycles. The monoisotopic (exact) mass is 348 g/mol. The van der Waals surface area contributed by atoms with Crippen molar-refractivity contribution in [1.82, 2.24) is 10.2 Å². The molecule has 1 heterocycles. The van der Waals surface area contributed by atoms with Gasteiger partial charge < -0.3 is 15.0 Å². The molecule has 4 nitrogen and oxygen atoms in total. The number of amides is 1. The quantitative estimate of drug-likeness (QED) is 0.905. The lowest BCUT2D eigenvalue weighted by atomic mass is 10.1. The van der Waals surface area contributed by atoms with Gasteiger partial charge in [0.05, 0.1) is 13.5 Å². The van der Waals surface area contributed by atoms with Gasteiger partial charge in [-0.1, -0.05) is 22.0 Å². The molecule has 6 heteroatoms. The summed E-state index contributed by atoms with van der Waals surface area (Å²) < 4.78 is 6.26. The van der Waals surface area contributed by atoms with Crippen LogP contribution in [0.15, 0.2) is 22.7 Å². The van der Waals surface area contributed by atoms with Crippen LogP contribution < -0.4 is 10.1 Å². The van der Waals surface area contributed by atoms with Crippen LogP contribution in [0.25, 0.3) is 0 Å². The molecule has 1 aliphatic heterocycles. The summed E-state index contributed by atoms with van der Waals surface area (Å²) >= 11 is 3.40. The summed E-state index contributed by atoms with van der Waals surface area (Å²) in [5.74, 6) is 0.921. The molecule has 2 rings (SSSR count). The zero-order chi connectivity index (χ0) is 13.0. The first-order chi connectivity index (χ1) is 8.70. The van der Waals surface area contributed by atoms with Gasteiger partial charge in [-0.05, 0) is 12.1 Å². The lowest BCUT2D eigenvalue weighted by Crippen LogP contribution is -2.46. The van der Waals surface area contributed by atoms with Gasteiger partial charge in [0.15, 0.2) is 0 Å². The van der Waals surface area contributed by atoms with E-state index in [1.807, 2.05) is 23.1 Å². The summed E-state index contributed by atoms with van der Waals surface area (Å²) in [4.78, 5) is 14.1. The standard InChI is InChI=1S/C13H17BrN2O2.ClH/c1-18-12-9-11(14)3-2-10(12)8-13(17)16-6-4-15-5-7-16;/h2-3,9,15H,4-8H2,1H3;1H. The Morgan fingerprint density at radius 2 is 2.11 bits per heavy atom. The third-order valence-electron chi connectivity index (χ3n) is 3.06. The van der Waals surface area contributed by atoms with Gasteiger partial charge in [-0.3, -0.25) is 4.79 Å². The number of ether oxygens (including phenoxy) is 1. The van der Waals surface area contributed by atoms with Crippen LogP contribution in [0.1, 0.15) is 5.56 Å². The number of rotatable bonds is 3. The van der Waals surface area contributed by atoms with Crippen LogP contribution in [0.5, 0.6) is 5.75 Å². The molecule has 1 fully saturated rings. The molecule has 0 aromatic heterocycles. The first-order valence-corrected chi connectivity index (χ1v) is 6.81. The number of nitrogens with one attached hydrogen (secondary N) is 1. The fourth-order valence-electron chi connectivity index (χ4n) is 2.05. The zero-order valence-corrected chi connectivity index (χ0v) is 13.2. The van der Waals surface area contributed by atoms with Crippen molar-refractivity contribution in [3.63, 3.8) is 0 Å². The minimum Gasteiger partial charge on any atom is -0.496 e. The van der Waals surface area contributed by atoms with Crippen molar-refractivity contribution in [3.8, 4) is 5.75 Å². The molecular weight excluding hydrogens is 332 g/mol. The SMILES string of the molecule is COc1cc(Br)ccc1CC(=O)N1CCNCC1.Cl. The molecule has 1 aliphatic rings. The van der Waals surface area contributed by atoms with Gasteiger partial charge in [0.2, 0.25) is 5.91 Å². The molecular formula is C13H18BrClN2O2. The van der Waals surface area contributed by atoms with E-state index in [0.29, 0.717) is 6.42 Å². The van der Waals surface area contributed by atoms with Gasteiger partial charge in [0.25, 0.3) is 0 Å². The number of hydrogen-bond acceptors (Lipinski definition) is 3. The Kier molecular flexibility index (Phi) is 6.62. The second kappa shape index (κ2) is 7.72. The summed E-state index contributed by atoms with van der Waals surface area (Å²) in [6, 6.07) is 5.76. The summed E-state index contributed by atoms with van der Waals surface area (Å²) in [5, 5.41) is 3.24. The van der Waals surface area contributed by atoms with E-state index in [2.05, 4.69) is 21.2 Å². The topological polar surface area (TPSA) is 41.6 Å². The van der Waals surface area contributed by atoms with Crippen molar-refractivity contribution in [1.29, 1.82) is 0 Å². The molecule has 1 aromatic carbocycles. The maximum absolute atomic E-state index is 12.2. The fourth-order valence-corrected chi connectivity index (χ4v) is 2.39. The minimum atomic E-state index is 0. The van der Waals surface area contributed by atoms with Crippen LogP contribution in [0.2, 0.25) is 0 Å². The number of carbonyl (C=O) groups is 1. The summed E-state index contributed by atoms with van der Waals surface area (Å²) in [7, 11) is 1.63. The number of piperazine rings is 1. The molecule has 19 heavy (non-hydrogen) atoms. The average molecular weight is 350 g/mol. The molecule has 0 bridgehead atoms. The van der Waals surface area contributed by atoms with Crippen LogP contribution >= 0.6 is 28.3 Å². The van der Waals surface area contributed by atoms with Crippen molar-refractivity contribution in [2.24, 2.45) is 0 Å². The van der Waals surface area contributed by atoms with Crippen LogP contribution in [0, 0.1) is 0 Å². The van der Waals surface area contributed by atoms with E-state index in [1.54, 1.807) is 7.11 Å². The number of methoxy groups -OCH3 is 1. The number of halogens is 2. The van der Waals surface area contributed by atoms with E-state index in [9.17, 15) is 4.79 Å². The van der Waals surface area contributed by atoms with E-state index < -0.39 is 0 Å². The Morgan fingerprint density at radius 1 is 1.42 bits per heavy atom. The molecule has 0 spiro atoms. The highest BCUT2D eigenvalue weighted by Gasteiger charge is 2.17. The molecule has 1 saturated heterocycles. The van der Waals surface area contributed by atoms with E-state index in [4.69, 9.17) is 4.74 Å². The van der Waals surface area contributed by atoms with Crippen molar-refractivity contribution in [2.75, 3.05) is 33.3 Å². The second-order valence-electron chi connectivity index (χ2n) is 4.26. The summed E-state index contributed by atoms with van der Waals surface area (Å²) in [5.41, 5.74) is 0.934. The molecule has 0 saturated carbocycles. The van der Waals surface area contributed by atoms with E-state index >= 15 is 0 Å². The van der Waals surface area contributed by atoms with Gasteiger partial charge in [-0.2, -0.15) is 0 Å². The second-order valence-corrected chi connectivity index (χ2v) is 5.18. The van der Waals surface area contributed by atoms with Crippen LogP contribution in [-0.4, -0.2) is 44.1 Å². The van der Waals surface area contributed by atoms with Gasteiger partial charge in [0.1, 0.15) is 5.75 Å². The van der Waals surface area contributed by atoms with Crippen molar-refractivity contribution >= 4 is 34.2 Å². The third kappa shape index (κ3) is 4.37. The number of nitrogens with zero attached hydrogens (tertiary/aromatic N) is 1. The Balaban J connectivity index is 0.00000180. The highest BCUT2D eigenvalue weighted by molar-refractivity contribution is 9.10. The highest BCUT2D eigenvalue weighted by Crippen LogP contribution is 2.24. The average Bonchev–Trinajstić information content (AvgIpc) is 2.41. The van der Waals surface area contributed by atoms with Gasteiger partial charge in [-0.25, -0.2) is 0 Å². The van der Waals surface area contributed by atoms with Crippen molar-refractivity contribution in [3.05, 3.63) is 28.2 Å². The van der Waals surface area contributed by atoms with Gasteiger partial charge in [-0.15, -0.1) is 12.4 Å². The van der Waals surface area contributed by atoms with Crippen LogP contribution in [0.3, 0.4) is 0 Å². The number of carbonyl (C=O) groups excluding carboxylic acids is 1. The predicted molar refractivity (Wildman–Crippen MR) is 81.1 cm³/mol. The summed E-state index contributed by atoms with van der Waals surface area (Å²) in [6.45, 7) is 3.34. The smallest absolute Gasteiger partial charge is 0.227 e. The van der Waals surface area contributed by atoms with Crippen LogP contribution in [-0.2, 0) is 11.2 Å². The lowest BCUT2D eigenvalue weighted by molar-refractivity contribution is -0.131. The normalized spacial score (nSPS) is 14.7. The molecule has 0 radical (unpaired) electrons. The first-order valence-electron chi connectivity index (χ1n) is 6.01. The maximum atomic E-state index is 12.2. The maximum Gasteiger partial charge on any atom is 0.227 e. The molecule has 1 amide bonds. The van der Waals surface area contributed by atoms with Gasteiger partial charge >= 0.3 is 0 Å². The number of benzene rings is 1. The van der Waals surface area contributed by atoms with Crippen molar-refractivity contribution < 1.29 is 9.53 Å². The highest BCUT2D eigenvalue weighted by atomic mass is 79.9. The van der Waals surface area contributed by atoms with Crippen molar-refractivity contribution in [2.45, 2.75) is 6.42 Å². The lowest BCUT2D eigenvalue weighted by Gasteiger charge is -2.27. The molecule has 1 aromatic rings. The largest absolute Gasteiger partial charge is 0.496 e. The van der Waals surface area contributed by atoms with E-state index in [-0.39, 0.29) is 18.3 Å². The Hall–Kier alpha value is -0.780. The Morgan fingerprint density at radius 3 is 2.74 bits per heavy atom. The third-order valence-corrected chi connectivity index (χ3v) is 3.55. The predicted octanol–water partition coefficient (Wildman–Crippen LogP) is 1.85. The fraction of sp³-hybridized carbons (Fsp3) is 0.462.